The molecule has 0 spiro atoms. The van der Waals surface area contributed by atoms with Crippen molar-refractivity contribution in [2.24, 2.45) is 0 Å². The van der Waals surface area contributed by atoms with Gasteiger partial charge in [0.15, 0.2) is 4.96 Å². The van der Waals surface area contributed by atoms with Crippen LogP contribution in [0.2, 0.25) is 0 Å². The summed E-state index contributed by atoms with van der Waals surface area (Å²) in [7, 11) is 0. The molecule has 1 aromatic carbocycles. The van der Waals surface area contributed by atoms with Gasteiger partial charge in [0.2, 0.25) is 0 Å². The van der Waals surface area contributed by atoms with Gasteiger partial charge in [-0.1, -0.05) is 12.1 Å². The summed E-state index contributed by atoms with van der Waals surface area (Å²) < 4.78 is 6.52. The number of esters is 1. The number of rotatable bonds is 5. The van der Waals surface area contributed by atoms with Crippen LogP contribution in [0.3, 0.4) is 0 Å². The standard InChI is InChI=1S/C21H21N3O4S/c1-2-28-18(25)11-13-7-9-14(10-8-13)23-19(26)15-12-22-21-24(20(15)27)16-5-3-4-6-17(16)29-21/h7-10,12H,2-6,11H2,1H3,(H,23,26). The molecule has 150 valence electrons. The molecule has 8 heteroatoms. The van der Waals surface area contributed by atoms with Gasteiger partial charge in [-0.05, 0) is 50.3 Å². The zero-order valence-electron chi connectivity index (χ0n) is 16.1. The number of thiazole rings is 1. The second kappa shape index (κ2) is 8.16. The lowest BCUT2D eigenvalue weighted by Crippen LogP contribution is -2.27. The molecule has 0 atom stereocenters. The minimum atomic E-state index is -0.495. The number of aromatic nitrogens is 2. The fourth-order valence-corrected chi connectivity index (χ4v) is 4.67. The molecule has 0 aliphatic heterocycles. The van der Waals surface area contributed by atoms with Gasteiger partial charge in [0, 0.05) is 22.5 Å². The molecular formula is C21H21N3O4S. The van der Waals surface area contributed by atoms with E-state index in [1.165, 1.54) is 22.4 Å². The Morgan fingerprint density at radius 1 is 1.21 bits per heavy atom. The Morgan fingerprint density at radius 3 is 2.72 bits per heavy atom. The van der Waals surface area contributed by atoms with E-state index in [1.807, 2.05) is 0 Å². The third-order valence-electron chi connectivity index (χ3n) is 4.91. The largest absolute Gasteiger partial charge is 0.466 e. The van der Waals surface area contributed by atoms with E-state index >= 15 is 0 Å². The number of hydrogen-bond acceptors (Lipinski definition) is 6. The van der Waals surface area contributed by atoms with Gasteiger partial charge in [0.25, 0.3) is 11.5 Å². The Balaban J connectivity index is 1.54. The number of ether oxygens (including phenoxy) is 1. The van der Waals surface area contributed by atoms with Crippen molar-refractivity contribution in [3.05, 3.63) is 62.5 Å². The monoisotopic (exact) mass is 411 g/mol. The molecule has 2 heterocycles. The first-order valence-corrected chi connectivity index (χ1v) is 10.5. The van der Waals surface area contributed by atoms with E-state index in [-0.39, 0.29) is 23.5 Å². The van der Waals surface area contributed by atoms with Gasteiger partial charge in [-0.15, -0.1) is 11.3 Å². The minimum absolute atomic E-state index is 0.0178. The molecule has 0 unspecified atom stereocenters. The molecule has 1 amide bonds. The highest BCUT2D eigenvalue weighted by Crippen LogP contribution is 2.28. The van der Waals surface area contributed by atoms with Crippen LogP contribution >= 0.6 is 11.3 Å². The number of aryl methyl sites for hydroxylation is 2. The van der Waals surface area contributed by atoms with E-state index in [4.69, 9.17) is 4.74 Å². The van der Waals surface area contributed by atoms with Crippen LogP contribution in [0.4, 0.5) is 5.69 Å². The lowest BCUT2D eigenvalue weighted by molar-refractivity contribution is -0.142. The van der Waals surface area contributed by atoms with Gasteiger partial charge in [-0.2, -0.15) is 0 Å². The highest BCUT2D eigenvalue weighted by atomic mass is 32.1. The summed E-state index contributed by atoms with van der Waals surface area (Å²) >= 11 is 1.53. The molecule has 4 rings (SSSR count). The van der Waals surface area contributed by atoms with E-state index < -0.39 is 5.91 Å². The number of fused-ring (bicyclic) bond motifs is 3. The second-order valence-electron chi connectivity index (χ2n) is 6.91. The van der Waals surface area contributed by atoms with E-state index in [1.54, 1.807) is 35.6 Å². The molecule has 7 nitrogen and oxygen atoms in total. The van der Waals surface area contributed by atoms with Crippen molar-refractivity contribution >= 4 is 33.9 Å². The van der Waals surface area contributed by atoms with Crippen LogP contribution in [0.15, 0.2) is 35.3 Å². The van der Waals surface area contributed by atoms with Gasteiger partial charge >= 0.3 is 5.97 Å². The molecule has 0 saturated heterocycles. The van der Waals surface area contributed by atoms with Crippen LogP contribution in [-0.2, 0) is 28.8 Å². The molecule has 0 saturated carbocycles. The average molecular weight is 411 g/mol. The minimum Gasteiger partial charge on any atom is -0.466 e. The number of amides is 1. The van der Waals surface area contributed by atoms with E-state index in [2.05, 4.69) is 10.3 Å². The number of benzene rings is 1. The highest BCUT2D eigenvalue weighted by Gasteiger charge is 2.21. The van der Waals surface area contributed by atoms with Gasteiger partial charge < -0.3 is 10.1 Å². The highest BCUT2D eigenvalue weighted by molar-refractivity contribution is 7.17. The van der Waals surface area contributed by atoms with Gasteiger partial charge in [-0.25, -0.2) is 4.98 Å². The summed E-state index contributed by atoms with van der Waals surface area (Å²) in [4.78, 5) is 43.4. The third-order valence-corrected chi connectivity index (χ3v) is 6.07. The summed E-state index contributed by atoms with van der Waals surface area (Å²) in [5, 5.41) is 2.74. The van der Waals surface area contributed by atoms with Gasteiger partial charge in [-0.3, -0.25) is 18.8 Å². The van der Waals surface area contributed by atoms with Crippen molar-refractivity contribution in [3.8, 4) is 0 Å². The molecule has 1 aliphatic rings. The number of hydrogen-bond donors (Lipinski definition) is 1. The van der Waals surface area contributed by atoms with Crippen LogP contribution < -0.4 is 10.9 Å². The first kappa shape index (κ1) is 19.3. The predicted octanol–water partition coefficient (Wildman–Crippen LogP) is 2.99. The molecule has 29 heavy (non-hydrogen) atoms. The quantitative estimate of drug-likeness (QED) is 0.652. The van der Waals surface area contributed by atoms with Gasteiger partial charge in [0.05, 0.1) is 13.0 Å². The Labute approximate surface area is 171 Å². The van der Waals surface area contributed by atoms with Crippen molar-refractivity contribution in [3.63, 3.8) is 0 Å². The maximum Gasteiger partial charge on any atom is 0.310 e. The molecule has 2 aromatic heterocycles. The van der Waals surface area contributed by atoms with E-state index in [0.717, 1.165) is 36.9 Å². The lowest BCUT2D eigenvalue weighted by Gasteiger charge is -2.10. The number of carbonyl (C=O) groups excluding carboxylic acids is 2. The summed E-state index contributed by atoms with van der Waals surface area (Å²) in [6.45, 7) is 2.10. The average Bonchev–Trinajstić information content (AvgIpc) is 3.09. The smallest absolute Gasteiger partial charge is 0.310 e. The SMILES string of the molecule is CCOC(=O)Cc1ccc(NC(=O)c2cnc3sc4c(n3c2=O)CCCC4)cc1. The maximum atomic E-state index is 12.9. The maximum absolute atomic E-state index is 12.9. The number of anilines is 1. The molecule has 0 radical (unpaired) electrons. The van der Waals surface area contributed by atoms with E-state index in [9.17, 15) is 14.4 Å². The Bertz CT molecular complexity index is 1130. The van der Waals surface area contributed by atoms with Crippen LogP contribution in [-0.4, -0.2) is 27.9 Å². The summed E-state index contributed by atoms with van der Waals surface area (Å²) in [5.41, 5.74) is 2.01. The van der Waals surface area contributed by atoms with Crippen molar-refractivity contribution in [1.29, 1.82) is 0 Å². The summed E-state index contributed by atoms with van der Waals surface area (Å²) in [5.74, 6) is -0.790. The number of nitrogens with one attached hydrogen (secondary N) is 1. The summed E-state index contributed by atoms with van der Waals surface area (Å²) in [6, 6.07) is 6.89. The topological polar surface area (TPSA) is 89.8 Å². The van der Waals surface area contributed by atoms with Crippen LogP contribution in [0.5, 0.6) is 0 Å². The van der Waals surface area contributed by atoms with Crippen LogP contribution in [0.1, 0.15) is 46.3 Å². The molecule has 1 aliphatic carbocycles. The third kappa shape index (κ3) is 3.93. The molecular weight excluding hydrogens is 390 g/mol. The first-order chi connectivity index (χ1) is 14.1. The predicted molar refractivity (Wildman–Crippen MR) is 111 cm³/mol. The molecule has 0 bridgehead atoms. The summed E-state index contributed by atoms with van der Waals surface area (Å²) in [6.07, 6.45) is 5.48. The fraction of sp³-hybridized carbons (Fsp3) is 0.333. The van der Waals surface area contributed by atoms with Crippen molar-refractivity contribution in [1.82, 2.24) is 9.38 Å². The van der Waals surface area contributed by atoms with Gasteiger partial charge in [0.1, 0.15) is 5.56 Å². The Hall–Kier alpha value is -3.00. The normalized spacial score (nSPS) is 13.1. The van der Waals surface area contributed by atoms with Crippen molar-refractivity contribution in [2.75, 3.05) is 11.9 Å². The first-order valence-electron chi connectivity index (χ1n) is 9.65. The molecule has 3 aromatic rings. The lowest BCUT2D eigenvalue weighted by atomic mass is 10.0. The fourth-order valence-electron chi connectivity index (χ4n) is 3.51. The van der Waals surface area contributed by atoms with Crippen molar-refractivity contribution < 1.29 is 14.3 Å². The van der Waals surface area contributed by atoms with E-state index in [0.29, 0.717) is 17.3 Å². The zero-order chi connectivity index (χ0) is 20.4. The number of nitrogens with zero attached hydrogens (tertiary/aromatic N) is 2. The Kier molecular flexibility index (Phi) is 5.44. The zero-order valence-corrected chi connectivity index (χ0v) is 16.9. The van der Waals surface area contributed by atoms with Crippen LogP contribution in [0.25, 0.3) is 4.96 Å². The number of carbonyl (C=O) groups is 2. The molecule has 0 fully saturated rings. The molecule has 1 N–H and O–H groups in total. The van der Waals surface area contributed by atoms with Crippen LogP contribution in [0, 0.1) is 0 Å². The second-order valence-corrected chi connectivity index (χ2v) is 7.97. The van der Waals surface area contributed by atoms with Crippen molar-refractivity contribution in [2.45, 2.75) is 39.0 Å². The Morgan fingerprint density at radius 2 is 1.97 bits per heavy atom.